The topological polar surface area (TPSA) is 46.5 Å². The zero-order valence-electron chi connectivity index (χ0n) is 12.0. The summed E-state index contributed by atoms with van der Waals surface area (Å²) >= 11 is 0.296. The van der Waals surface area contributed by atoms with E-state index < -0.39 is 6.10 Å². The van der Waals surface area contributed by atoms with Crippen LogP contribution in [0.15, 0.2) is 30.3 Å². The zero-order valence-corrected chi connectivity index (χ0v) is 13.8. The second kappa shape index (κ2) is 6.75. The van der Waals surface area contributed by atoms with Crippen LogP contribution in [0, 0.1) is 5.92 Å². The van der Waals surface area contributed by atoms with Gasteiger partial charge in [-0.2, -0.15) is 0 Å². The molecule has 110 valence electrons. The summed E-state index contributed by atoms with van der Waals surface area (Å²) in [5.41, 5.74) is 0. The van der Waals surface area contributed by atoms with Crippen molar-refractivity contribution in [1.29, 1.82) is 0 Å². The van der Waals surface area contributed by atoms with Crippen molar-refractivity contribution >= 4 is 25.4 Å². The van der Waals surface area contributed by atoms with Crippen molar-refractivity contribution in [3.8, 4) is 0 Å². The van der Waals surface area contributed by atoms with Crippen LogP contribution >= 0.6 is 0 Å². The molecule has 0 aliphatic heterocycles. The SMILES string of the molecule is COC(=O)[C@H]1C[C@](C)([Se]c2ccccc2)CCC[C@H]1O. The molecule has 0 bridgehead atoms. The van der Waals surface area contributed by atoms with Crippen molar-refractivity contribution < 1.29 is 14.6 Å². The number of hydrogen-bond donors (Lipinski definition) is 1. The fourth-order valence-electron chi connectivity index (χ4n) is 2.85. The molecule has 0 unspecified atom stereocenters. The Hall–Kier alpha value is -0.831. The van der Waals surface area contributed by atoms with Gasteiger partial charge in [0.15, 0.2) is 0 Å². The molecule has 3 nitrogen and oxygen atoms in total. The Bertz CT molecular complexity index is 448. The van der Waals surface area contributed by atoms with Crippen LogP contribution in [-0.4, -0.2) is 39.2 Å². The number of rotatable bonds is 3. The molecule has 1 aromatic carbocycles. The Morgan fingerprint density at radius 1 is 1.40 bits per heavy atom. The van der Waals surface area contributed by atoms with Crippen LogP contribution < -0.4 is 4.46 Å². The van der Waals surface area contributed by atoms with Crippen molar-refractivity contribution in [2.75, 3.05) is 7.11 Å². The summed E-state index contributed by atoms with van der Waals surface area (Å²) in [5.74, 6) is -0.646. The zero-order chi connectivity index (χ0) is 14.6. The molecule has 0 heterocycles. The molecule has 2 rings (SSSR count). The van der Waals surface area contributed by atoms with Crippen molar-refractivity contribution in [1.82, 2.24) is 0 Å². The molecule has 0 aromatic heterocycles. The van der Waals surface area contributed by atoms with Gasteiger partial charge in [0.05, 0.1) is 0 Å². The molecule has 0 radical (unpaired) electrons. The van der Waals surface area contributed by atoms with Gasteiger partial charge in [-0.05, 0) is 0 Å². The average molecular weight is 341 g/mol. The van der Waals surface area contributed by atoms with Gasteiger partial charge in [0, 0.05) is 0 Å². The van der Waals surface area contributed by atoms with Gasteiger partial charge in [-0.3, -0.25) is 0 Å². The van der Waals surface area contributed by atoms with Crippen molar-refractivity contribution in [2.24, 2.45) is 5.92 Å². The average Bonchev–Trinajstić information content (AvgIpc) is 2.58. The number of aliphatic hydroxyl groups is 1. The number of hydrogen-bond acceptors (Lipinski definition) is 3. The van der Waals surface area contributed by atoms with E-state index in [-0.39, 0.29) is 16.2 Å². The summed E-state index contributed by atoms with van der Waals surface area (Å²) in [4.78, 5) is 11.9. The first kappa shape index (κ1) is 15.6. The number of esters is 1. The van der Waals surface area contributed by atoms with Crippen LogP contribution in [0.1, 0.15) is 32.6 Å². The quantitative estimate of drug-likeness (QED) is 0.519. The van der Waals surface area contributed by atoms with E-state index in [2.05, 4.69) is 31.2 Å². The Labute approximate surface area is 126 Å². The minimum atomic E-state index is -0.559. The van der Waals surface area contributed by atoms with Gasteiger partial charge in [0.1, 0.15) is 0 Å². The number of aliphatic hydroxyl groups excluding tert-OH is 1. The molecule has 0 amide bonds. The molecule has 1 aliphatic rings. The van der Waals surface area contributed by atoms with Crippen LogP contribution in [0.4, 0.5) is 0 Å². The molecule has 0 spiro atoms. The normalized spacial score (nSPS) is 30.6. The van der Waals surface area contributed by atoms with E-state index in [1.54, 1.807) is 0 Å². The van der Waals surface area contributed by atoms with Gasteiger partial charge < -0.3 is 0 Å². The standard InChI is InChI=1S/C16H22O3Se/c1-16(20-12-7-4-3-5-8-12)10-6-9-14(17)13(11-16)15(18)19-2/h3-5,7-8,13-14,17H,6,9-11H2,1-2H3/t13-,14+,16+/m0/s1. The van der Waals surface area contributed by atoms with Crippen molar-refractivity contribution in [2.45, 2.75) is 43.0 Å². The molecular weight excluding hydrogens is 319 g/mol. The minimum absolute atomic E-state index is 0.102. The third-order valence-corrected chi connectivity index (χ3v) is 6.81. The third kappa shape index (κ3) is 3.84. The van der Waals surface area contributed by atoms with Gasteiger partial charge in [0.2, 0.25) is 0 Å². The van der Waals surface area contributed by atoms with Crippen LogP contribution in [0.3, 0.4) is 0 Å². The molecule has 20 heavy (non-hydrogen) atoms. The monoisotopic (exact) mass is 342 g/mol. The summed E-state index contributed by atoms with van der Waals surface area (Å²) in [6, 6.07) is 10.4. The predicted octanol–water partition coefficient (Wildman–Crippen LogP) is 1.92. The Kier molecular flexibility index (Phi) is 5.25. The Balaban J connectivity index is 2.15. The molecule has 1 saturated carbocycles. The van der Waals surface area contributed by atoms with E-state index in [0.29, 0.717) is 21.4 Å². The van der Waals surface area contributed by atoms with Crippen LogP contribution in [-0.2, 0) is 9.53 Å². The second-order valence-corrected chi connectivity index (χ2v) is 9.14. The maximum atomic E-state index is 11.9. The van der Waals surface area contributed by atoms with Gasteiger partial charge in [0.25, 0.3) is 0 Å². The van der Waals surface area contributed by atoms with Crippen LogP contribution in [0.25, 0.3) is 0 Å². The summed E-state index contributed by atoms with van der Waals surface area (Å²) in [5, 5.41) is 10.2. The van der Waals surface area contributed by atoms with E-state index in [1.165, 1.54) is 11.6 Å². The molecule has 1 aliphatic carbocycles. The maximum absolute atomic E-state index is 11.9. The number of carbonyl (C=O) groups excluding carboxylic acids is 1. The summed E-state index contributed by atoms with van der Waals surface area (Å²) < 4.78 is 6.32. The van der Waals surface area contributed by atoms with Gasteiger partial charge in [-0.15, -0.1) is 0 Å². The van der Waals surface area contributed by atoms with Gasteiger partial charge in [-0.25, -0.2) is 0 Å². The fourth-order valence-corrected chi connectivity index (χ4v) is 5.72. The number of ether oxygens (including phenoxy) is 1. The molecular formula is C16H22O3Se. The predicted molar refractivity (Wildman–Crippen MR) is 80.2 cm³/mol. The summed E-state index contributed by atoms with van der Waals surface area (Å²) in [7, 11) is 1.40. The molecule has 1 N–H and O–H groups in total. The number of benzene rings is 1. The fraction of sp³-hybridized carbons (Fsp3) is 0.562. The third-order valence-electron chi connectivity index (χ3n) is 3.93. The Morgan fingerprint density at radius 3 is 2.75 bits per heavy atom. The molecule has 0 saturated heterocycles. The van der Waals surface area contributed by atoms with E-state index in [9.17, 15) is 9.90 Å². The Morgan fingerprint density at radius 2 is 2.10 bits per heavy atom. The summed E-state index contributed by atoms with van der Waals surface area (Å²) in [6.45, 7) is 2.24. The van der Waals surface area contributed by atoms with Crippen LogP contribution in [0.5, 0.6) is 0 Å². The van der Waals surface area contributed by atoms with Gasteiger partial charge >= 0.3 is 126 Å². The number of methoxy groups -OCH3 is 1. The van der Waals surface area contributed by atoms with Crippen LogP contribution in [0.2, 0.25) is 4.31 Å². The first-order valence-electron chi connectivity index (χ1n) is 7.04. The molecule has 4 heteroatoms. The van der Waals surface area contributed by atoms with Gasteiger partial charge in [-0.1, -0.05) is 0 Å². The first-order valence-corrected chi connectivity index (χ1v) is 8.75. The molecule has 3 atom stereocenters. The van der Waals surface area contributed by atoms with Crippen molar-refractivity contribution in [3.63, 3.8) is 0 Å². The van der Waals surface area contributed by atoms with E-state index in [0.717, 1.165) is 19.3 Å². The number of carbonyl (C=O) groups is 1. The second-order valence-electron chi connectivity index (χ2n) is 5.66. The first-order chi connectivity index (χ1) is 9.54. The van der Waals surface area contributed by atoms with Crippen molar-refractivity contribution in [3.05, 3.63) is 30.3 Å². The molecule has 1 fully saturated rings. The van der Waals surface area contributed by atoms with E-state index in [1.807, 2.05) is 6.07 Å². The van der Waals surface area contributed by atoms with E-state index in [4.69, 9.17) is 4.74 Å². The van der Waals surface area contributed by atoms with E-state index >= 15 is 0 Å². The summed E-state index contributed by atoms with van der Waals surface area (Å²) in [6.07, 6.45) is 2.89. The molecule has 1 aromatic rings.